The van der Waals surface area contributed by atoms with E-state index in [4.69, 9.17) is 9.47 Å². The molecule has 0 aliphatic heterocycles. The Morgan fingerprint density at radius 1 is 1.16 bits per heavy atom. The van der Waals surface area contributed by atoms with E-state index in [-0.39, 0.29) is 11.3 Å². The Morgan fingerprint density at radius 2 is 1.79 bits per heavy atom. The SMILES string of the molecule is CCCNC(c1ccc(OC)c(OC)c1)C(F)(F)F. The van der Waals surface area contributed by atoms with Gasteiger partial charge in [0.1, 0.15) is 6.04 Å². The summed E-state index contributed by atoms with van der Waals surface area (Å²) < 4.78 is 49.1. The summed E-state index contributed by atoms with van der Waals surface area (Å²) in [5, 5.41) is 2.49. The van der Waals surface area contributed by atoms with Crippen molar-refractivity contribution in [2.45, 2.75) is 25.6 Å². The summed E-state index contributed by atoms with van der Waals surface area (Å²) in [5.41, 5.74) is 0.110. The van der Waals surface area contributed by atoms with Crippen LogP contribution in [0.15, 0.2) is 18.2 Å². The zero-order chi connectivity index (χ0) is 14.5. The number of rotatable bonds is 6. The Balaban J connectivity index is 3.08. The third kappa shape index (κ3) is 4.02. The maximum absolute atomic E-state index is 13.0. The summed E-state index contributed by atoms with van der Waals surface area (Å²) in [6, 6.07) is 2.51. The number of hydrogen-bond acceptors (Lipinski definition) is 3. The zero-order valence-electron chi connectivity index (χ0n) is 11.2. The van der Waals surface area contributed by atoms with Crippen molar-refractivity contribution in [2.24, 2.45) is 0 Å². The van der Waals surface area contributed by atoms with Gasteiger partial charge >= 0.3 is 6.18 Å². The van der Waals surface area contributed by atoms with Gasteiger partial charge in [-0.3, -0.25) is 0 Å². The average molecular weight is 277 g/mol. The first-order valence-corrected chi connectivity index (χ1v) is 5.96. The highest BCUT2D eigenvalue weighted by atomic mass is 19.4. The Kier molecular flexibility index (Phi) is 5.47. The van der Waals surface area contributed by atoms with Crippen molar-refractivity contribution in [2.75, 3.05) is 20.8 Å². The van der Waals surface area contributed by atoms with Gasteiger partial charge in [-0.25, -0.2) is 0 Å². The van der Waals surface area contributed by atoms with E-state index in [0.29, 0.717) is 18.7 Å². The van der Waals surface area contributed by atoms with Crippen LogP contribution in [-0.2, 0) is 0 Å². The molecule has 3 nitrogen and oxygen atoms in total. The van der Waals surface area contributed by atoms with Crippen molar-refractivity contribution in [3.05, 3.63) is 23.8 Å². The third-order valence-corrected chi connectivity index (χ3v) is 2.67. The second-order valence-electron chi connectivity index (χ2n) is 4.04. The molecule has 1 aromatic rings. The molecule has 1 unspecified atom stereocenters. The molecule has 0 saturated heterocycles. The smallest absolute Gasteiger partial charge is 0.407 e. The standard InChI is InChI=1S/C13H18F3NO2/c1-4-7-17-12(13(14,15)16)9-5-6-10(18-2)11(8-9)19-3/h5-6,8,12,17H,4,7H2,1-3H3. The van der Waals surface area contributed by atoms with Crippen molar-refractivity contribution in [1.82, 2.24) is 5.32 Å². The van der Waals surface area contributed by atoms with E-state index in [1.807, 2.05) is 6.92 Å². The molecule has 0 heterocycles. The van der Waals surface area contributed by atoms with Gasteiger partial charge in [0.05, 0.1) is 14.2 Å². The van der Waals surface area contributed by atoms with Gasteiger partial charge in [0, 0.05) is 0 Å². The Hall–Kier alpha value is -1.43. The molecule has 0 aliphatic carbocycles. The first kappa shape index (κ1) is 15.6. The normalized spacial score (nSPS) is 13.2. The fraction of sp³-hybridized carbons (Fsp3) is 0.538. The first-order valence-electron chi connectivity index (χ1n) is 5.96. The second-order valence-corrected chi connectivity index (χ2v) is 4.04. The lowest BCUT2D eigenvalue weighted by atomic mass is 10.1. The summed E-state index contributed by atoms with van der Waals surface area (Å²) in [5.74, 6) is 0.690. The third-order valence-electron chi connectivity index (χ3n) is 2.67. The first-order chi connectivity index (χ1) is 8.93. The van der Waals surface area contributed by atoms with Crippen LogP contribution in [0.25, 0.3) is 0 Å². The van der Waals surface area contributed by atoms with Crippen molar-refractivity contribution in [1.29, 1.82) is 0 Å². The van der Waals surface area contributed by atoms with Gasteiger partial charge in [0.2, 0.25) is 0 Å². The van der Waals surface area contributed by atoms with Gasteiger partial charge < -0.3 is 14.8 Å². The van der Waals surface area contributed by atoms with Gasteiger partial charge in [-0.1, -0.05) is 13.0 Å². The number of hydrogen-bond donors (Lipinski definition) is 1. The van der Waals surface area contributed by atoms with E-state index >= 15 is 0 Å². The minimum atomic E-state index is -4.35. The Morgan fingerprint density at radius 3 is 2.26 bits per heavy atom. The topological polar surface area (TPSA) is 30.5 Å². The molecule has 1 atom stereocenters. The molecule has 0 aromatic heterocycles. The highest BCUT2D eigenvalue weighted by molar-refractivity contribution is 5.44. The molecule has 1 aromatic carbocycles. The number of methoxy groups -OCH3 is 2. The van der Waals surface area contributed by atoms with E-state index in [1.165, 1.54) is 32.4 Å². The van der Waals surface area contributed by atoms with Crippen molar-refractivity contribution in [3.8, 4) is 11.5 Å². The lowest BCUT2D eigenvalue weighted by Gasteiger charge is -2.22. The van der Waals surface area contributed by atoms with E-state index < -0.39 is 12.2 Å². The van der Waals surface area contributed by atoms with E-state index in [0.717, 1.165) is 0 Å². The van der Waals surface area contributed by atoms with Gasteiger partial charge in [-0.15, -0.1) is 0 Å². The number of alkyl halides is 3. The van der Waals surface area contributed by atoms with Gasteiger partial charge in [-0.2, -0.15) is 13.2 Å². The van der Waals surface area contributed by atoms with Crippen LogP contribution < -0.4 is 14.8 Å². The molecule has 1 rings (SSSR count). The van der Waals surface area contributed by atoms with Crippen LogP contribution in [0.5, 0.6) is 11.5 Å². The summed E-state index contributed by atoms with van der Waals surface area (Å²) in [4.78, 5) is 0. The number of ether oxygens (including phenoxy) is 2. The summed E-state index contributed by atoms with van der Waals surface area (Å²) >= 11 is 0. The van der Waals surface area contributed by atoms with E-state index in [2.05, 4.69) is 5.32 Å². The fourth-order valence-corrected chi connectivity index (χ4v) is 1.74. The van der Waals surface area contributed by atoms with Crippen LogP contribution in [0.1, 0.15) is 24.9 Å². The molecule has 0 saturated carbocycles. The van der Waals surface area contributed by atoms with Crippen LogP contribution in [-0.4, -0.2) is 26.9 Å². The second kappa shape index (κ2) is 6.65. The number of nitrogens with one attached hydrogen (secondary N) is 1. The molecular formula is C13H18F3NO2. The molecule has 0 bridgehead atoms. The van der Waals surface area contributed by atoms with Gasteiger partial charge in [0.15, 0.2) is 11.5 Å². The molecule has 0 radical (unpaired) electrons. The minimum absolute atomic E-state index is 0.110. The van der Waals surface area contributed by atoms with Gasteiger partial charge in [0.25, 0.3) is 0 Å². The molecule has 19 heavy (non-hydrogen) atoms. The predicted octanol–water partition coefficient (Wildman–Crippen LogP) is 3.31. The van der Waals surface area contributed by atoms with E-state index in [1.54, 1.807) is 0 Å². The number of benzene rings is 1. The highest BCUT2D eigenvalue weighted by Gasteiger charge is 2.40. The zero-order valence-corrected chi connectivity index (χ0v) is 11.2. The van der Waals surface area contributed by atoms with E-state index in [9.17, 15) is 13.2 Å². The highest BCUT2D eigenvalue weighted by Crippen LogP contribution is 2.36. The summed E-state index contributed by atoms with van der Waals surface area (Å²) in [6.07, 6.45) is -3.73. The van der Waals surface area contributed by atoms with Gasteiger partial charge in [-0.05, 0) is 30.7 Å². The van der Waals surface area contributed by atoms with Crippen molar-refractivity contribution >= 4 is 0 Å². The maximum Gasteiger partial charge on any atom is 0.407 e. The fourth-order valence-electron chi connectivity index (χ4n) is 1.74. The molecule has 108 valence electrons. The summed E-state index contributed by atoms with van der Waals surface area (Å²) in [6.45, 7) is 2.10. The molecule has 0 aliphatic rings. The van der Waals surface area contributed by atoms with Crippen LogP contribution in [0, 0.1) is 0 Å². The molecule has 0 amide bonds. The molecule has 1 N–H and O–H groups in total. The Labute approximate surface area is 110 Å². The quantitative estimate of drug-likeness (QED) is 0.865. The van der Waals surface area contributed by atoms with Crippen LogP contribution in [0.4, 0.5) is 13.2 Å². The van der Waals surface area contributed by atoms with Crippen LogP contribution in [0.2, 0.25) is 0 Å². The monoisotopic (exact) mass is 277 g/mol. The molecule has 6 heteroatoms. The lowest BCUT2D eigenvalue weighted by Crippen LogP contribution is -2.34. The number of halogens is 3. The van der Waals surface area contributed by atoms with Crippen molar-refractivity contribution < 1.29 is 22.6 Å². The summed E-state index contributed by atoms with van der Waals surface area (Å²) in [7, 11) is 2.83. The van der Waals surface area contributed by atoms with Crippen LogP contribution in [0.3, 0.4) is 0 Å². The molecule has 0 fully saturated rings. The maximum atomic E-state index is 13.0. The average Bonchev–Trinajstić information content (AvgIpc) is 2.37. The lowest BCUT2D eigenvalue weighted by molar-refractivity contribution is -0.157. The Bertz CT molecular complexity index is 407. The van der Waals surface area contributed by atoms with Crippen molar-refractivity contribution in [3.63, 3.8) is 0 Å². The molecule has 0 spiro atoms. The predicted molar refractivity (Wildman–Crippen MR) is 66.6 cm³/mol. The van der Waals surface area contributed by atoms with Crippen LogP contribution >= 0.6 is 0 Å². The largest absolute Gasteiger partial charge is 0.493 e. The molecular weight excluding hydrogens is 259 g/mol. The minimum Gasteiger partial charge on any atom is -0.493 e.